The predicted molar refractivity (Wildman–Crippen MR) is 128 cm³/mol. The number of hydrogen-bond donors (Lipinski definition) is 0. The molecule has 178 valence electrons. The molecular formula is C27H25FN4O3. The average molecular weight is 473 g/mol. The number of carbonyl (C=O) groups is 1. The molecule has 0 saturated carbocycles. The van der Waals surface area contributed by atoms with Crippen molar-refractivity contribution >= 4 is 5.91 Å². The minimum atomic E-state index is -0.306. The van der Waals surface area contributed by atoms with Crippen LogP contribution in [0.4, 0.5) is 4.39 Å². The number of amides is 1. The third-order valence-corrected chi connectivity index (χ3v) is 5.85. The maximum atomic E-state index is 13.1. The van der Waals surface area contributed by atoms with Gasteiger partial charge in [-0.3, -0.25) is 4.79 Å². The van der Waals surface area contributed by atoms with E-state index in [4.69, 9.17) is 9.47 Å². The van der Waals surface area contributed by atoms with E-state index < -0.39 is 0 Å². The molecule has 1 amide bonds. The van der Waals surface area contributed by atoms with E-state index in [0.29, 0.717) is 44.0 Å². The van der Waals surface area contributed by atoms with Gasteiger partial charge >= 0.3 is 0 Å². The summed E-state index contributed by atoms with van der Waals surface area (Å²) >= 11 is 0. The molecule has 0 aliphatic carbocycles. The fourth-order valence-electron chi connectivity index (χ4n) is 3.87. The van der Waals surface area contributed by atoms with Crippen LogP contribution in [0.15, 0.2) is 85.1 Å². The Hall–Kier alpha value is -4.20. The van der Waals surface area contributed by atoms with E-state index in [1.54, 1.807) is 12.1 Å². The van der Waals surface area contributed by atoms with Gasteiger partial charge in [0.05, 0.1) is 12.2 Å². The van der Waals surface area contributed by atoms with Crippen molar-refractivity contribution in [1.29, 1.82) is 0 Å². The molecule has 35 heavy (non-hydrogen) atoms. The number of likely N-dealkylation sites (tertiary alicyclic amines) is 1. The molecule has 1 saturated heterocycles. The molecule has 7 nitrogen and oxygen atoms in total. The lowest BCUT2D eigenvalue weighted by molar-refractivity contribution is -0.137. The van der Waals surface area contributed by atoms with Crippen molar-refractivity contribution in [3.05, 3.63) is 102 Å². The lowest BCUT2D eigenvalue weighted by Crippen LogP contribution is -2.51. The van der Waals surface area contributed by atoms with Crippen LogP contribution in [0.2, 0.25) is 0 Å². The van der Waals surface area contributed by atoms with Gasteiger partial charge in [-0.1, -0.05) is 35.5 Å². The third kappa shape index (κ3) is 5.84. The van der Waals surface area contributed by atoms with Crippen LogP contribution in [0.5, 0.6) is 17.2 Å². The summed E-state index contributed by atoms with van der Waals surface area (Å²) in [7, 11) is 0. The van der Waals surface area contributed by atoms with Crippen LogP contribution in [0, 0.1) is 5.82 Å². The van der Waals surface area contributed by atoms with Gasteiger partial charge in [-0.25, -0.2) is 9.07 Å². The fraction of sp³-hybridized carbons (Fsp3) is 0.222. The Balaban J connectivity index is 1.07. The molecule has 8 heteroatoms. The first-order valence-electron chi connectivity index (χ1n) is 11.5. The molecule has 3 aromatic carbocycles. The van der Waals surface area contributed by atoms with Crippen molar-refractivity contribution < 1.29 is 18.7 Å². The fourth-order valence-corrected chi connectivity index (χ4v) is 3.87. The quantitative estimate of drug-likeness (QED) is 0.350. The third-order valence-electron chi connectivity index (χ3n) is 5.85. The lowest BCUT2D eigenvalue weighted by Gasteiger charge is -2.39. The standard InChI is InChI=1S/C27H25FN4O3/c28-21-10-12-25(13-11-21)35-26-8-4-5-20(15-26)9-14-27(33)31-17-23(18-31)32-16-22(29-30-32)19-34-24-6-2-1-3-7-24/h1-8,10-13,15-16,23H,9,14,17-19H2. The Labute approximate surface area is 202 Å². The van der Waals surface area contributed by atoms with Gasteiger partial charge in [0.2, 0.25) is 5.91 Å². The summed E-state index contributed by atoms with van der Waals surface area (Å²) in [6.45, 7) is 1.59. The molecule has 0 unspecified atom stereocenters. The number of hydrogen-bond acceptors (Lipinski definition) is 5. The maximum absolute atomic E-state index is 13.1. The van der Waals surface area contributed by atoms with Crippen LogP contribution in [0.25, 0.3) is 0 Å². The van der Waals surface area contributed by atoms with E-state index >= 15 is 0 Å². The Bertz CT molecular complexity index is 1270. The zero-order valence-electron chi connectivity index (χ0n) is 19.1. The molecule has 0 radical (unpaired) electrons. The molecule has 0 atom stereocenters. The second-order valence-electron chi connectivity index (χ2n) is 8.45. The first kappa shape index (κ1) is 22.6. The molecule has 1 aliphatic rings. The van der Waals surface area contributed by atoms with Crippen LogP contribution < -0.4 is 9.47 Å². The number of para-hydroxylation sites is 1. The number of aryl methyl sites for hydroxylation is 1. The Morgan fingerprint density at radius 2 is 1.71 bits per heavy atom. The van der Waals surface area contributed by atoms with Crippen molar-refractivity contribution in [2.75, 3.05) is 13.1 Å². The summed E-state index contributed by atoms with van der Waals surface area (Å²) in [4.78, 5) is 14.5. The van der Waals surface area contributed by atoms with E-state index in [9.17, 15) is 9.18 Å². The van der Waals surface area contributed by atoms with E-state index in [-0.39, 0.29) is 17.8 Å². The summed E-state index contributed by atoms with van der Waals surface area (Å²) in [6.07, 6.45) is 2.91. The number of carbonyl (C=O) groups excluding carboxylic acids is 1. The van der Waals surface area contributed by atoms with Gasteiger partial charge < -0.3 is 14.4 Å². The van der Waals surface area contributed by atoms with E-state index in [1.807, 2.05) is 70.4 Å². The Morgan fingerprint density at radius 3 is 2.51 bits per heavy atom. The van der Waals surface area contributed by atoms with Gasteiger partial charge in [0.1, 0.15) is 35.4 Å². The number of nitrogens with zero attached hydrogens (tertiary/aromatic N) is 4. The SMILES string of the molecule is O=C(CCc1cccc(Oc2ccc(F)cc2)c1)N1CC(n2cc(COc3ccccc3)nn2)C1. The number of rotatable bonds is 9. The Kier molecular flexibility index (Phi) is 6.70. The van der Waals surface area contributed by atoms with Gasteiger partial charge in [-0.05, 0) is 60.5 Å². The van der Waals surface area contributed by atoms with E-state index in [2.05, 4.69) is 10.3 Å². The second-order valence-corrected chi connectivity index (χ2v) is 8.45. The highest BCUT2D eigenvalue weighted by molar-refractivity contribution is 5.77. The van der Waals surface area contributed by atoms with Crippen molar-refractivity contribution in [3.8, 4) is 17.2 Å². The normalized spacial score (nSPS) is 13.3. The van der Waals surface area contributed by atoms with Gasteiger partial charge in [-0.2, -0.15) is 0 Å². The molecule has 0 bridgehead atoms. The van der Waals surface area contributed by atoms with Crippen LogP contribution in [-0.4, -0.2) is 38.9 Å². The summed E-state index contributed by atoms with van der Waals surface area (Å²) in [5, 5.41) is 8.38. The molecule has 1 aromatic heterocycles. The molecule has 4 aromatic rings. The molecule has 2 heterocycles. The minimum absolute atomic E-state index is 0.110. The van der Waals surface area contributed by atoms with Crippen molar-refractivity contribution in [3.63, 3.8) is 0 Å². The van der Waals surface area contributed by atoms with Crippen LogP contribution in [0.3, 0.4) is 0 Å². The monoisotopic (exact) mass is 472 g/mol. The topological polar surface area (TPSA) is 69.5 Å². The van der Waals surface area contributed by atoms with Gasteiger partial charge in [0.25, 0.3) is 0 Å². The molecule has 0 spiro atoms. The van der Waals surface area contributed by atoms with Crippen molar-refractivity contribution in [2.24, 2.45) is 0 Å². The van der Waals surface area contributed by atoms with Gasteiger partial charge in [0.15, 0.2) is 0 Å². The lowest BCUT2D eigenvalue weighted by atomic mass is 10.1. The largest absolute Gasteiger partial charge is 0.487 e. The molecule has 0 N–H and O–H groups in total. The first-order valence-corrected chi connectivity index (χ1v) is 11.5. The van der Waals surface area contributed by atoms with Crippen LogP contribution in [0.1, 0.15) is 23.7 Å². The highest BCUT2D eigenvalue weighted by Crippen LogP contribution is 2.25. The molecule has 1 fully saturated rings. The first-order chi connectivity index (χ1) is 17.1. The Morgan fingerprint density at radius 1 is 0.943 bits per heavy atom. The average Bonchev–Trinajstić information content (AvgIpc) is 3.31. The smallest absolute Gasteiger partial charge is 0.223 e. The highest BCUT2D eigenvalue weighted by Gasteiger charge is 2.32. The maximum Gasteiger partial charge on any atom is 0.223 e. The summed E-state index contributed by atoms with van der Waals surface area (Å²) in [5.74, 6) is 1.81. The summed E-state index contributed by atoms with van der Waals surface area (Å²) in [5.41, 5.74) is 1.76. The number of aromatic nitrogens is 3. The van der Waals surface area contributed by atoms with Crippen LogP contribution >= 0.6 is 0 Å². The second kappa shape index (κ2) is 10.4. The summed E-state index contributed by atoms with van der Waals surface area (Å²) in [6, 6.07) is 23.2. The van der Waals surface area contributed by atoms with Gasteiger partial charge in [0, 0.05) is 19.5 Å². The zero-order chi connectivity index (χ0) is 24.0. The number of ether oxygens (including phenoxy) is 2. The summed E-state index contributed by atoms with van der Waals surface area (Å²) < 4.78 is 26.4. The minimum Gasteiger partial charge on any atom is -0.487 e. The number of benzene rings is 3. The molecular weight excluding hydrogens is 447 g/mol. The van der Waals surface area contributed by atoms with Crippen molar-refractivity contribution in [2.45, 2.75) is 25.5 Å². The van der Waals surface area contributed by atoms with Crippen LogP contribution in [-0.2, 0) is 17.8 Å². The van der Waals surface area contributed by atoms with Gasteiger partial charge in [-0.15, -0.1) is 5.10 Å². The zero-order valence-corrected chi connectivity index (χ0v) is 19.1. The molecule has 5 rings (SSSR count). The van der Waals surface area contributed by atoms with E-state index in [1.165, 1.54) is 12.1 Å². The molecule has 1 aliphatic heterocycles. The predicted octanol–water partition coefficient (Wildman–Crippen LogP) is 4.80. The van der Waals surface area contributed by atoms with Crippen molar-refractivity contribution in [1.82, 2.24) is 19.9 Å². The van der Waals surface area contributed by atoms with E-state index in [0.717, 1.165) is 17.0 Å². The number of halogens is 1. The highest BCUT2D eigenvalue weighted by atomic mass is 19.1.